The molecule has 0 fully saturated rings. The van der Waals surface area contributed by atoms with Crippen molar-refractivity contribution >= 4 is 22.5 Å². The zero-order valence-electron chi connectivity index (χ0n) is 8.01. The van der Waals surface area contributed by atoms with Crippen LogP contribution in [-0.4, -0.2) is 44.1 Å². The van der Waals surface area contributed by atoms with Gasteiger partial charge in [0.05, 0.1) is 0 Å². The van der Waals surface area contributed by atoms with Crippen molar-refractivity contribution < 1.29 is 14.0 Å². The van der Waals surface area contributed by atoms with Gasteiger partial charge in [0.1, 0.15) is 0 Å². The topological polar surface area (TPSA) is 127 Å². The maximum Gasteiger partial charge on any atom is 0.202 e. The monoisotopic (exact) mass is 233 g/mol. The molecule has 0 radical (unpaired) electrons. The Morgan fingerprint density at radius 3 is 3.07 bits per heavy atom. The third kappa shape index (κ3) is 3.20. The molecule has 0 aliphatic carbocycles. The summed E-state index contributed by atoms with van der Waals surface area (Å²) >= 11 is 0. The molecular formula is C6H11N5O3S. The van der Waals surface area contributed by atoms with Gasteiger partial charge in [0.15, 0.2) is 11.5 Å². The molecule has 0 aliphatic heterocycles. The molecule has 0 aliphatic rings. The van der Waals surface area contributed by atoms with Crippen molar-refractivity contribution in [1.29, 1.82) is 0 Å². The number of hydrogen-bond donors (Lipinski definition) is 3. The number of anilines is 1. The summed E-state index contributed by atoms with van der Waals surface area (Å²) in [6.45, 7) is 0.434. The van der Waals surface area contributed by atoms with Gasteiger partial charge in [-0.2, -0.15) is 0 Å². The predicted octanol–water partition coefficient (Wildman–Crippen LogP) is -1.05. The number of nitrogens with one attached hydrogen (secondary N) is 1. The standard InChI is InChI=1S/C6H11N5O3S/c1-15(13)3-2-8-6-4(5(7)9-12)10-14-11-6/h12H,2-3H2,1H3,(H2,7,9)(H,8,11). The third-order valence-electron chi connectivity index (χ3n) is 1.52. The van der Waals surface area contributed by atoms with E-state index in [9.17, 15) is 4.21 Å². The second-order valence-corrected chi connectivity index (χ2v) is 4.21. The van der Waals surface area contributed by atoms with Crippen molar-refractivity contribution in [1.82, 2.24) is 10.3 Å². The molecular weight excluding hydrogens is 222 g/mol. The molecule has 15 heavy (non-hydrogen) atoms. The predicted molar refractivity (Wildman–Crippen MR) is 54.2 cm³/mol. The van der Waals surface area contributed by atoms with Crippen LogP contribution in [0.3, 0.4) is 0 Å². The minimum Gasteiger partial charge on any atom is -0.409 e. The molecule has 0 spiro atoms. The maximum atomic E-state index is 10.8. The molecule has 0 aromatic carbocycles. The van der Waals surface area contributed by atoms with Crippen molar-refractivity contribution in [2.45, 2.75) is 0 Å². The minimum absolute atomic E-state index is 0.124. The van der Waals surface area contributed by atoms with Gasteiger partial charge in [0, 0.05) is 29.4 Å². The van der Waals surface area contributed by atoms with Crippen LogP contribution >= 0.6 is 0 Å². The normalized spacial score (nSPS) is 13.8. The highest BCUT2D eigenvalue weighted by molar-refractivity contribution is 7.84. The molecule has 0 amide bonds. The summed E-state index contributed by atoms with van der Waals surface area (Å²) < 4.78 is 15.2. The van der Waals surface area contributed by atoms with Crippen LogP contribution < -0.4 is 11.1 Å². The SMILES string of the molecule is CS(=O)CCNc1nonc1/C(N)=N\O. The Balaban J connectivity index is 2.62. The van der Waals surface area contributed by atoms with E-state index >= 15 is 0 Å². The summed E-state index contributed by atoms with van der Waals surface area (Å²) in [5, 5.41) is 21.0. The fourth-order valence-corrected chi connectivity index (χ4v) is 1.22. The summed E-state index contributed by atoms with van der Waals surface area (Å²) in [4.78, 5) is 0. The number of nitrogens with zero attached hydrogens (tertiary/aromatic N) is 3. The molecule has 0 saturated carbocycles. The summed E-state index contributed by atoms with van der Waals surface area (Å²) in [6, 6.07) is 0. The summed E-state index contributed by atoms with van der Waals surface area (Å²) in [6.07, 6.45) is 1.59. The van der Waals surface area contributed by atoms with E-state index in [4.69, 9.17) is 10.9 Å². The van der Waals surface area contributed by atoms with Crippen molar-refractivity contribution in [2.75, 3.05) is 23.9 Å². The molecule has 1 aromatic rings. The Hall–Kier alpha value is -1.64. The van der Waals surface area contributed by atoms with Crippen LogP contribution in [0.1, 0.15) is 5.69 Å². The molecule has 8 nitrogen and oxygen atoms in total. The second-order valence-electron chi connectivity index (χ2n) is 2.65. The van der Waals surface area contributed by atoms with Crippen molar-refractivity contribution in [3.8, 4) is 0 Å². The first kappa shape index (κ1) is 11.4. The van der Waals surface area contributed by atoms with Gasteiger partial charge in [-0.3, -0.25) is 4.21 Å². The number of amidine groups is 1. The zero-order valence-corrected chi connectivity index (χ0v) is 8.82. The highest BCUT2D eigenvalue weighted by Gasteiger charge is 2.13. The molecule has 4 N–H and O–H groups in total. The molecule has 1 rings (SSSR count). The van der Waals surface area contributed by atoms with E-state index in [1.54, 1.807) is 6.26 Å². The van der Waals surface area contributed by atoms with Crippen LogP contribution in [0.2, 0.25) is 0 Å². The number of hydrogen-bond acceptors (Lipinski definition) is 7. The van der Waals surface area contributed by atoms with E-state index in [0.717, 1.165) is 0 Å². The van der Waals surface area contributed by atoms with Gasteiger partial charge in [-0.15, -0.1) is 0 Å². The van der Waals surface area contributed by atoms with Crippen LogP contribution in [0.15, 0.2) is 9.78 Å². The van der Waals surface area contributed by atoms with E-state index in [0.29, 0.717) is 12.3 Å². The van der Waals surface area contributed by atoms with Crippen LogP contribution in [-0.2, 0) is 10.8 Å². The molecule has 1 unspecified atom stereocenters. The summed E-state index contributed by atoms with van der Waals surface area (Å²) in [5.74, 6) is 0.523. The third-order valence-corrected chi connectivity index (χ3v) is 2.30. The average Bonchev–Trinajstić information content (AvgIpc) is 2.64. The van der Waals surface area contributed by atoms with E-state index in [1.165, 1.54) is 0 Å². The Morgan fingerprint density at radius 2 is 2.47 bits per heavy atom. The average molecular weight is 233 g/mol. The highest BCUT2D eigenvalue weighted by atomic mass is 32.2. The number of aromatic nitrogens is 2. The van der Waals surface area contributed by atoms with Crippen molar-refractivity contribution in [2.24, 2.45) is 10.9 Å². The van der Waals surface area contributed by atoms with Crippen LogP contribution in [0, 0.1) is 0 Å². The lowest BCUT2D eigenvalue weighted by atomic mass is 10.4. The van der Waals surface area contributed by atoms with Crippen LogP contribution in [0.25, 0.3) is 0 Å². The molecule has 1 heterocycles. The first-order chi connectivity index (χ1) is 7.15. The smallest absolute Gasteiger partial charge is 0.202 e. The fraction of sp³-hybridized carbons (Fsp3) is 0.500. The van der Waals surface area contributed by atoms with E-state index < -0.39 is 10.8 Å². The van der Waals surface area contributed by atoms with Gasteiger partial charge in [-0.05, 0) is 10.3 Å². The number of nitrogens with two attached hydrogens (primary N) is 1. The molecule has 1 aromatic heterocycles. The second kappa shape index (κ2) is 5.29. The van der Waals surface area contributed by atoms with Gasteiger partial charge in [0.25, 0.3) is 0 Å². The fourth-order valence-electron chi connectivity index (χ4n) is 0.833. The van der Waals surface area contributed by atoms with E-state index in [2.05, 4.69) is 25.4 Å². The Bertz CT molecular complexity index is 377. The van der Waals surface area contributed by atoms with Crippen molar-refractivity contribution in [3.05, 3.63) is 5.69 Å². The molecule has 0 saturated heterocycles. The zero-order chi connectivity index (χ0) is 11.3. The lowest BCUT2D eigenvalue weighted by Crippen LogP contribution is -2.18. The summed E-state index contributed by atoms with van der Waals surface area (Å²) in [5.41, 5.74) is 5.43. The highest BCUT2D eigenvalue weighted by Crippen LogP contribution is 2.07. The molecule has 9 heteroatoms. The Morgan fingerprint density at radius 1 is 1.73 bits per heavy atom. The lowest BCUT2D eigenvalue weighted by Gasteiger charge is -2.00. The first-order valence-electron chi connectivity index (χ1n) is 3.99. The van der Waals surface area contributed by atoms with Crippen molar-refractivity contribution in [3.63, 3.8) is 0 Å². The Labute approximate surface area is 87.9 Å². The first-order valence-corrected chi connectivity index (χ1v) is 5.72. The van der Waals surface area contributed by atoms with Crippen LogP contribution in [0.4, 0.5) is 5.82 Å². The van der Waals surface area contributed by atoms with Gasteiger partial charge in [0.2, 0.25) is 5.82 Å². The molecule has 1 atom stereocenters. The minimum atomic E-state index is -0.898. The molecule has 0 bridgehead atoms. The molecule has 84 valence electrons. The Kier molecular flexibility index (Phi) is 4.03. The summed E-state index contributed by atoms with van der Waals surface area (Å²) in [7, 11) is -0.898. The van der Waals surface area contributed by atoms with Gasteiger partial charge >= 0.3 is 0 Å². The van der Waals surface area contributed by atoms with Crippen LogP contribution in [0.5, 0.6) is 0 Å². The number of rotatable bonds is 5. The maximum absolute atomic E-state index is 10.8. The number of oxime groups is 1. The van der Waals surface area contributed by atoms with Gasteiger partial charge in [-0.25, -0.2) is 4.63 Å². The quantitative estimate of drug-likeness (QED) is 0.256. The largest absolute Gasteiger partial charge is 0.409 e. The van der Waals surface area contributed by atoms with E-state index in [1.807, 2.05) is 0 Å². The van der Waals surface area contributed by atoms with Gasteiger partial charge < -0.3 is 16.3 Å². The van der Waals surface area contributed by atoms with E-state index in [-0.39, 0.29) is 17.3 Å². The van der Waals surface area contributed by atoms with Gasteiger partial charge in [-0.1, -0.05) is 5.16 Å². The lowest BCUT2D eigenvalue weighted by molar-refractivity contribution is 0.304.